The highest BCUT2D eigenvalue weighted by molar-refractivity contribution is 6.69. The van der Waals surface area contributed by atoms with Crippen molar-refractivity contribution in [2.45, 2.75) is 19.4 Å². The minimum absolute atomic E-state index is 0.0824. The molecule has 3 aromatic rings. The molecular weight excluding hydrogens is 569 g/mol. The molecule has 1 atom stereocenters. The molecule has 1 unspecified atom stereocenters. The molecule has 0 saturated carbocycles. The van der Waals surface area contributed by atoms with Crippen LogP contribution in [0, 0.1) is 11.6 Å². The van der Waals surface area contributed by atoms with Crippen LogP contribution in [0.2, 0.25) is 5.02 Å². The van der Waals surface area contributed by atoms with E-state index in [0.717, 1.165) is 12.1 Å². The molecule has 2 aliphatic heterocycles. The van der Waals surface area contributed by atoms with Gasteiger partial charge in [0, 0.05) is 54.9 Å². The van der Waals surface area contributed by atoms with Crippen molar-refractivity contribution in [1.29, 1.82) is 0 Å². The Morgan fingerprint density at radius 2 is 1.93 bits per heavy atom. The number of aliphatic imine (C=N–C) groups is 1. The van der Waals surface area contributed by atoms with E-state index in [1.807, 2.05) is 13.0 Å². The Morgan fingerprint density at radius 1 is 1.12 bits per heavy atom. The second-order valence-electron chi connectivity index (χ2n) is 9.96. The van der Waals surface area contributed by atoms with Gasteiger partial charge in [0.1, 0.15) is 16.8 Å². The van der Waals surface area contributed by atoms with Gasteiger partial charge in [0.15, 0.2) is 0 Å². The first-order chi connectivity index (χ1) is 19.8. The molecule has 3 aliphatic rings. The number of aromatic nitrogens is 2. The van der Waals surface area contributed by atoms with Crippen LogP contribution in [0.25, 0.3) is 11.1 Å². The first-order valence-corrected chi connectivity index (χ1v) is 13.8. The van der Waals surface area contributed by atoms with Gasteiger partial charge in [-0.05, 0) is 60.9 Å². The highest BCUT2D eigenvalue weighted by Gasteiger charge is 2.28. The molecule has 0 radical (unpaired) electrons. The summed E-state index contributed by atoms with van der Waals surface area (Å²) < 4.78 is 29.6. The van der Waals surface area contributed by atoms with Crippen LogP contribution >= 0.6 is 23.2 Å². The van der Waals surface area contributed by atoms with Crippen LogP contribution in [0.1, 0.15) is 34.1 Å². The highest BCUT2D eigenvalue weighted by atomic mass is 35.5. The Morgan fingerprint density at radius 3 is 2.68 bits per heavy atom. The third-order valence-corrected chi connectivity index (χ3v) is 7.67. The van der Waals surface area contributed by atoms with E-state index in [1.165, 1.54) is 24.3 Å². The minimum atomic E-state index is -0.705. The molecule has 1 fully saturated rings. The molecule has 1 amide bonds. The van der Waals surface area contributed by atoms with E-state index in [1.54, 1.807) is 35.5 Å². The van der Waals surface area contributed by atoms with Crippen LogP contribution in [0.5, 0.6) is 0 Å². The van der Waals surface area contributed by atoms with Crippen molar-refractivity contribution in [2.24, 2.45) is 4.99 Å². The fraction of sp³-hybridized carbons (Fsp3) is 0.200. The zero-order valence-corrected chi connectivity index (χ0v) is 23.4. The van der Waals surface area contributed by atoms with Crippen molar-refractivity contribution in [3.05, 3.63) is 106 Å². The van der Waals surface area contributed by atoms with E-state index in [0.29, 0.717) is 52.6 Å². The average Bonchev–Trinajstić information content (AvgIpc) is 3.11. The Kier molecular flexibility index (Phi) is 7.42. The summed E-state index contributed by atoms with van der Waals surface area (Å²) in [5.74, 6) is -1.25. The lowest BCUT2D eigenvalue weighted by atomic mass is 9.84. The fourth-order valence-corrected chi connectivity index (χ4v) is 5.61. The first-order valence-electron chi connectivity index (χ1n) is 13.0. The zero-order chi connectivity index (χ0) is 28.7. The van der Waals surface area contributed by atoms with E-state index in [9.17, 15) is 13.6 Å². The van der Waals surface area contributed by atoms with Crippen molar-refractivity contribution in [1.82, 2.24) is 20.2 Å². The standard InChI is InChI=1S/C30H24Cl2F2N6O/c1-16-15-40(10-9-35-16)29(41)20-8-6-18(11-23(20)31)38-30-37-13-17-5-7-19-21(27-24(33)3-2-4-25(27)34)12-26(32)36-14-22(19)28(17)39-30/h2-4,6-8,11-14,16,35H,5,9-10,15H2,1H3,(H,37,38,39). The lowest BCUT2D eigenvalue weighted by Gasteiger charge is -2.32. The van der Waals surface area contributed by atoms with Gasteiger partial charge in [-0.25, -0.2) is 23.7 Å². The summed E-state index contributed by atoms with van der Waals surface area (Å²) in [5.41, 5.74) is 3.62. The number of anilines is 2. The Labute approximate surface area is 245 Å². The summed E-state index contributed by atoms with van der Waals surface area (Å²) in [6, 6.07) is 9.02. The zero-order valence-electron chi connectivity index (χ0n) is 21.9. The number of nitrogens with one attached hydrogen (secondary N) is 2. The SMILES string of the molecule is CC1CN(C(=O)c2ccc(Nc3ncc4c(n3)C3=CN=C(Cl)C=C(c5c(F)cccc5F)C3=CC4)cc2Cl)CCN1. The maximum atomic E-state index is 14.8. The van der Waals surface area contributed by atoms with Crippen molar-refractivity contribution in [3.63, 3.8) is 0 Å². The highest BCUT2D eigenvalue weighted by Crippen LogP contribution is 2.41. The van der Waals surface area contributed by atoms with Gasteiger partial charge in [-0.2, -0.15) is 0 Å². The molecule has 7 nitrogen and oxygen atoms in total. The van der Waals surface area contributed by atoms with Gasteiger partial charge < -0.3 is 15.5 Å². The normalized spacial score (nSPS) is 18.3. The molecule has 0 spiro atoms. The van der Waals surface area contributed by atoms with Crippen molar-refractivity contribution < 1.29 is 13.6 Å². The molecule has 1 aliphatic carbocycles. The monoisotopic (exact) mass is 592 g/mol. The molecule has 2 N–H and O–H groups in total. The molecule has 6 rings (SSSR count). The lowest BCUT2D eigenvalue weighted by Crippen LogP contribution is -2.51. The number of nitrogens with zero attached hydrogens (tertiary/aromatic N) is 4. The Hall–Kier alpha value is -3.92. The van der Waals surface area contributed by atoms with Gasteiger partial charge in [0.25, 0.3) is 5.91 Å². The van der Waals surface area contributed by atoms with Crippen molar-refractivity contribution >= 4 is 57.1 Å². The molecule has 11 heteroatoms. The molecule has 2 aromatic carbocycles. The van der Waals surface area contributed by atoms with E-state index in [4.69, 9.17) is 28.2 Å². The predicted octanol–water partition coefficient (Wildman–Crippen LogP) is 6.14. The van der Waals surface area contributed by atoms with Crippen molar-refractivity contribution in [3.8, 4) is 0 Å². The second kappa shape index (κ2) is 11.2. The van der Waals surface area contributed by atoms with Gasteiger partial charge in [0.2, 0.25) is 5.95 Å². The van der Waals surface area contributed by atoms with E-state index >= 15 is 0 Å². The number of hydrogen-bond acceptors (Lipinski definition) is 6. The van der Waals surface area contributed by atoms with Crippen LogP contribution in [-0.2, 0) is 6.42 Å². The summed E-state index contributed by atoms with van der Waals surface area (Å²) in [6.07, 6.45) is 6.99. The topological polar surface area (TPSA) is 82.5 Å². The number of rotatable bonds is 4. The number of carbonyl (C=O) groups excluding carboxylic acids is 1. The summed E-state index contributed by atoms with van der Waals surface area (Å²) >= 11 is 12.8. The lowest BCUT2D eigenvalue weighted by molar-refractivity contribution is 0.0709. The predicted molar refractivity (Wildman–Crippen MR) is 158 cm³/mol. The number of allylic oxidation sites excluding steroid dienone is 5. The van der Waals surface area contributed by atoms with E-state index in [-0.39, 0.29) is 34.2 Å². The summed E-state index contributed by atoms with van der Waals surface area (Å²) in [5, 5.41) is 6.86. The number of hydrogen-bond donors (Lipinski definition) is 2. The second-order valence-corrected chi connectivity index (χ2v) is 10.8. The molecule has 208 valence electrons. The van der Waals surface area contributed by atoms with Crippen LogP contribution < -0.4 is 10.6 Å². The molecular formula is C30H24Cl2F2N6O. The largest absolute Gasteiger partial charge is 0.336 e. The van der Waals surface area contributed by atoms with Gasteiger partial charge in [-0.3, -0.25) is 4.79 Å². The molecule has 3 heterocycles. The van der Waals surface area contributed by atoms with Gasteiger partial charge >= 0.3 is 0 Å². The number of carbonyl (C=O) groups is 1. The van der Waals surface area contributed by atoms with E-state index < -0.39 is 11.6 Å². The summed E-state index contributed by atoms with van der Waals surface area (Å²) in [6.45, 7) is 3.99. The van der Waals surface area contributed by atoms with Crippen molar-refractivity contribution in [2.75, 3.05) is 25.0 Å². The quantitative estimate of drug-likeness (QED) is 0.380. The fourth-order valence-electron chi connectivity index (χ4n) is 5.19. The third-order valence-electron chi connectivity index (χ3n) is 7.15. The van der Waals surface area contributed by atoms with Crippen LogP contribution in [0.4, 0.5) is 20.4 Å². The van der Waals surface area contributed by atoms with Crippen LogP contribution in [0.3, 0.4) is 0 Å². The number of fused-ring (bicyclic) bond motifs is 3. The number of piperazine rings is 1. The molecule has 0 bridgehead atoms. The molecule has 1 aromatic heterocycles. The Bertz CT molecular complexity index is 1680. The maximum absolute atomic E-state index is 14.8. The molecule has 1 saturated heterocycles. The molecule has 41 heavy (non-hydrogen) atoms. The number of halogens is 4. The Balaban J connectivity index is 1.29. The van der Waals surface area contributed by atoms with Gasteiger partial charge in [-0.1, -0.05) is 35.3 Å². The van der Waals surface area contributed by atoms with Crippen LogP contribution in [-0.4, -0.2) is 51.6 Å². The summed E-state index contributed by atoms with van der Waals surface area (Å²) in [7, 11) is 0. The smallest absolute Gasteiger partial charge is 0.255 e. The number of amides is 1. The van der Waals surface area contributed by atoms with Crippen LogP contribution in [0.15, 0.2) is 71.5 Å². The summed E-state index contributed by atoms with van der Waals surface area (Å²) in [4.78, 5) is 28.2. The van der Waals surface area contributed by atoms with E-state index in [2.05, 4.69) is 20.6 Å². The number of benzene rings is 2. The third kappa shape index (κ3) is 5.40. The minimum Gasteiger partial charge on any atom is -0.336 e. The van der Waals surface area contributed by atoms with Gasteiger partial charge in [0.05, 0.1) is 21.8 Å². The van der Waals surface area contributed by atoms with Gasteiger partial charge in [-0.15, -0.1) is 0 Å². The average molecular weight is 593 g/mol. The maximum Gasteiger partial charge on any atom is 0.255 e. The first kappa shape index (κ1) is 27.3.